The number of nitrogens with one attached hydrogen (secondary N) is 1. The highest BCUT2D eigenvalue weighted by molar-refractivity contribution is 4.90. The predicted octanol–water partition coefficient (Wildman–Crippen LogP) is 1.66. The van der Waals surface area contributed by atoms with Crippen molar-refractivity contribution >= 4 is 0 Å². The first-order valence-electron chi connectivity index (χ1n) is 5.61. The second-order valence-electron chi connectivity index (χ2n) is 4.55. The van der Waals surface area contributed by atoms with E-state index in [-0.39, 0.29) is 0 Å². The standard InChI is InChI=1S/C11H21NO/c1-13-6-2-3-11(9-4-5-9)10-7-12-8-10/h9-12H,2-8H2,1H3. The Morgan fingerprint density at radius 3 is 2.54 bits per heavy atom. The number of ether oxygens (including phenoxy) is 1. The topological polar surface area (TPSA) is 21.3 Å². The Morgan fingerprint density at radius 2 is 2.08 bits per heavy atom. The molecule has 2 nitrogen and oxygen atoms in total. The van der Waals surface area contributed by atoms with Gasteiger partial charge in [0.2, 0.25) is 0 Å². The Labute approximate surface area is 81.0 Å². The molecular formula is C11H21NO. The zero-order valence-corrected chi connectivity index (χ0v) is 8.59. The average Bonchev–Trinajstić information content (AvgIpc) is 2.82. The lowest BCUT2D eigenvalue weighted by Gasteiger charge is -2.35. The van der Waals surface area contributed by atoms with Gasteiger partial charge < -0.3 is 10.1 Å². The van der Waals surface area contributed by atoms with Gasteiger partial charge in [0, 0.05) is 13.7 Å². The second kappa shape index (κ2) is 4.43. The van der Waals surface area contributed by atoms with Crippen LogP contribution in [0.1, 0.15) is 25.7 Å². The first-order chi connectivity index (χ1) is 6.42. The number of methoxy groups -OCH3 is 1. The van der Waals surface area contributed by atoms with E-state index in [1.165, 1.54) is 38.8 Å². The maximum Gasteiger partial charge on any atom is 0.0462 e. The van der Waals surface area contributed by atoms with Crippen LogP contribution >= 0.6 is 0 Å². The van der Waals surface area contributed by atoms with Gasteiger partial charge in [-0.25, -0.2) is 0 Å². The van der Waals surface area contributed by atoms with E-state index in [2.05, 4.69) is 5.32 Å². The SMILES string of the molecule is COCCCC(C1CC1)C1CNC1. The summed E-state index contributed by atoms with van der Waals surface area (Å²) in [6.07, 6.45) is 5.64. The smallest absolute Gasteiger partial charge is 0.0462 e. The highest BCUT2D eigenvalue weighted by atomic mass is 16.5. The molecule has 0 aromatic carbocycles. The molecule has 0 bridgehead atoms. The third-order valence-corrected chi connectivity index (χ3v) is 3.53. The summed E-state index contributed by atoms with van der Waals surface area (Å²) in [7, 11) is 1.80. The molecule has 0 aromatic rings. The lowest BCUT2D eigenvalue weighted by atomic mass is 9.81. The van der Waals surface area contributed by atoms with Crippen molar-refractivity contribution in [2.75, 3.05) is 26.8 Å². The van der Waals surface area contributed by atoms with Crippen molar-refractivity contribution in [3.05, 3.63) is 0 Å². The molecule has 2 rings (SSSR count). The fourth-order valence-corrected chi connectivity index (χ4v) is 2.46. The first kappa shape index (κ1) is 9.47. The minimum Gasteiger partial charge on any atom is -0.385 e. The van der Waals surface area contributed by atoms with Gasteiger partial charge in [-0.15, -0.1) is 0 Å². The summed E-state index contributed by atoms with van der Waals surface area (Å²) in [6, 6.07) is 0. The van der Waals surface area contributed by atoms with Gasteiger partial charge in [0.05, 0.1) is 0 Å². The van der Waals surface area contributed by atoms with E-state index in [9.17, 15) is 0 Å². The molecule has 0 radical (unpaired) electrons. The maximum atomic E-state index is 5.11. The van der Waals surface area contributed by atoms with Gasteiger partial charge in [-0.2, -0.15) is 0 Å². The van der Waals surface area contributed by atoms with Gasteiger partial charge in [0.15, 0.2) is 0 Å². The minimum atomic E-state index is 0.948. The molecule has 1 saturated heterocycles. The zero-order chi connectivity index (χ0) is 9.10. The third-order valence-electron chi connectivity index (χ3n) is 3.53. The summed E-state index contributed by atoms with van der Waals surface area (Å²) < 4.78 is 5.11. The molecule has 1 saturated carbocycles. The van der Waals surface area contributed by atoms with Crippen molar-refractivity contribution in [1.82, 2.24) is 5.32 Å². The van der Waals surface area contributed by atoms with Gasteiger partial charge in [-0.3, -0.25) is 0 Å². The van der Waals surface area contributed by atoms with Crippen LogP contribution in [0.25, 0.3) is 0 Å². The molecule has 1 heterocycles. The van der Waals surface area contributed by atoms with E-state index in [1.807, 2.05) is 0 Å². The molecule has 0 spiro atoms. The van der Waals surface area contributed by atoms with E-state index in [4.69, 9.17) is 4.74 Å². The van der Waals surface area contributed by atoms with Crippen LogP contribution in [0.15, 0.2) is 0 Å². The number of rotatable bonds is 6. The summed E-state index contributed by atoms with van der Waals surface area (Å²) >= 11 is 0. The fourth-order valence-electron chi connectivity index (χ4n) is 2.46. The van der Waals surface area contributed by atoms with Crippen LogP contribution in [0, 0.1) is 17.8 Å². The van der Waals surface area contributed by atoms with Crippen LogP contribution in [0.3, 0.4) is 0 Å². The Balaban J connectivity index is 1.69. The highest BCUT2D eigenvalue weighted by Crippen LogP contribution is 2.43. The summed E-state index contributed by atoms with van der Waals surface area (Å²) in [5.74, 6) is 3.07. The van der Waals surface area contributed by atoms with Crippen LogP contribution in [0.2, 0.25) is 0 Å². The highest BCUT2D eigenvalue weighted by Gasteiger charge is 2.38. The Bertz CT molecular complexity index is 152. The minimum absolute atomic E-state index is 0.948. The van der Waals surface area contributed by atoms with Gasteiger partial charge >= 0.3 is 0 Å². The van der Waals surface area contributed by atoms with Crippen LogP contribution < -0.4 is 5.32 Å². The molecule has 2 heteroatoms. The summed E-state index contributed by atoms with van der Waals surface area (Å²) in [6.45, 7) is 3.49. The molecule has 1 aliphatic heterocycles. The molecule has 76 valence electrons. The molecule has 1 atom stereocenters. The second-order valence-corrected chi connectivity index (χ2v) is 4.55. The molecule has 13 heavy (non-hydrogen) atoms. The monoisotopic (exact) mass is 183 g/mol. The first-order valence-corrected chi connectivity index (χ1v) is 5.61. The maximum absolute atomic E-state index is 5.11. The number of hydrogen-bond donors (Lipinski definition) is 1. The van der Waals surface area contributed by atoms with Gasteiger partial charge in [-0.05, 0) is 56.5 Å². The van der Waals surface area contributed by atoms with Crippen LogP contribution in [0.4, 0.5) is 0 Å². The Morgan fingerprint density at radius 1 is 1.31 bits per heavy atom. The van der Waals surface area contributed by atoms with Crippen molar-refractivity contribution in [3.8, 4) is 0 Å². The van der Waals surface area contributed by atoms with Crippen molar-refractivity contribution in [1.29, 1.82) is 0 Å². The Hall–Kier alpha value is -0.0800. The lowest BCUT2D eigenvalue weighted by Crippen LogP contribution is -2.46. The van der Waals surface area contributed by atoms with E-state index in [1.54, 1.807) is 7.11 Å². The predicted molar refractivity (Wildman–Crippen MR) is 53.7 cm³/mol. The van der Waals surface area contributed by atoms with Crippen molar-refractivity contribution < 1.29 is 4.74 Å². The molecule has 1 N–H and O–H groups in total. The molecule has 2 aliphatic rings. The quantitative estimate of drug-likeness (QED) is 0.632. The van der Waals surface area contributed by atoms with Crippen LogP contribution in [-0.4, -0.2) is 26.8 Å². The molecule has 1 unspecified atom stereocenters. The zero-order valence-electron chi connectivity index (χ0n) is 8.59. The molecule has 2 fully saturated rings. The summed E-state index contributed by atoms with van der Waals surface area (Å²) in [4.78, 5) is 0. The fraction of sp³-hybridized carbons (Fsp3) is 1.00. The Kier molecular flexibility index (Phi) is 3.23. The lowest BCUT2D eigenvalue weighted by molar-refractivity contribution is 0.155. The molecule has 1 aliphatic carbocycles. The van der Waals surface area contributed by atoms with E-state index >= 15 is 0 Å². The van der Waals surface area contributed by atoms with Gasteiger partial charge in [0.25, 0.3) is 0 Å². The van der Waals surface area contributed by atoms with Crippen LogP contribution in [0.5, 0.6) is 0 Å². The van der Waals surface area contributed by atoms with Gasteiger partial charge in [0.1, 0.15) is 0 Å². The van der Waals surface area contributed by atoms with Crippen LogP contribution in [-0.2, 0) is 4.74 Å². The normalized spacial score (nSPS) is 25.6. The number of hydrogen-bond acceptors (Lipinski definition) is 2. The van der Waals surface area contributed by atoms with Gasteiger partial charge in [-0.1, -0.05) is 0 Å². The van der Waals surface area contributed by atoms with Crippen molar-refractivity contribution in [3.63, 3.8) is 0 Å². The molecule has 0 amide bonds. The van der Waals surface area contributed by atoms with Crippen molar-refractivity contribution in [2.24, 2.45) is 17.8 Å². The largest absolute Gasteiger partial charge is 0.385 e. The average molecular weight is 183 g/mol. The van der Waals surface area contributed by atoms with E-state index in [0.717, 1.165) is 24.4 Å². The van der Waals surface area contributed by atoms with E-state index < -0.39 is 0 Å². The summed E-state index contributed by atoms with van der Waals surface area (Å²) in [5.41, 5.74) is 0. The molecule has 0 aromatic heterocycles. The molecular weight excluding hydrogens is 162 g/mol. The summed E-state index contributed by atoms with van der Waals surface area (Å²) in [5, 5.41) is 3.38. The van der Waals surface area contributed by atoms with Crippen molar-refractivity contribution in [2.45, 2.75) is 25.7 Å². The third kappa shape index (κ3) is 2.44. The van der Waals surface area contributed by atoms with E-state index in [0.29, 0.717) is 0 Å².